The van der Waals surface area contributed by atoms with E-state index in [0.717, 1.165) is 41.7 Å². The van der Waals surface area contributed by atoms with E-state index in [0.29, 0.717) is 6.42 Å². The van der Waals surface area contributed by atoms with Gasteiger partial charge in [0.25, 0.3) is 5.91 Å². The lowest BCUT2D eigenvalue weighted by Crippen LogP contribution is -2.43. The van der Waals surface area contributed by atoms with Crippen LogP contribution in [-0.4, -0.2) is 41.2 Å². The van der Waals surface area contributed by atoms with Gasteiger partial charge in [-0.05, 0) is 54.4 Å². The van der Waals surface area contributed by atoms with Crippen molar-refractivity contribution in [2.24, 2.45) is 0 Å². The first-order valence-corrected chi connectivity index (χ1v) is 10.7. The summed E-state index contributed by atoms with van der Waals surface area (Å²) >= 11 is 0. The van der Waals surface area contributed by atoms with Crippen molar-refractivity contribution >= 4 is 11.9 Å². The van der Waals surface area contributed by atoms with Crippen LogP contribution in [0.25, 0.3) is 0 Å². The highest BCUT2D eigenvalue weighted by molar-refractivity contribution is 6.08. The van der Waals surface area contributed by atoms with Crippen LogP contribution < -0.4 is 5.32 Å². The molecule has 156 valence electrons. The Balaban J connectivity index is 1.25. The van der Waals surface area contributed by atoms with Crippen LogP contribution in [0.15, 0.2) is 48.5 Å². The molecule has 3 atom stereocenters. The molecule has 3 amide bonds. The quantitative estimate of drug-likeness (QED) is 0.749. The average Bonchev–Trinajstić information content (AvgIpc) is 3.25. The number of urea groups is 1. The average molecular weight is 406 g/mol. The fourth-order valence-electron chi connectivity index (χ4n) is 5.13. The maximum absolute atomic E-state index is 13.2. The fraction of sp³-hybridized carbons (Fsp3) is 0.417. The van der Waals surface area contributed by atoms with Gasteiger partial charge in [0.1, 0.15) is 5.54 Å². The summed E-state index contributed by atoms with van der Waals surface area (Å²) in [6.07, 6.45) is 3.33. The van der Waals surface area contributed by atoms with Gasteiger partial charge in [-0.2, -0.15) is 0 Å². The third kappa shape index (κ3) is 3.11. The van der Waals surface area contributed by atoms with Gasteiger partial charge in [-0.15, -0.1) is 0 Å². The minimum absolute atomic E-state index is 0.0549. The molecule has 6 nitrogen and oxygen atoms in total. The molecular formula is C24H26N2O4. The standard InChI is InChI=1S/C24H26N2O4/c27-18(15-30-21-11-5-8-16-6-1-3-9-19(16)21)14-26-22(28)24(25-23(26)29)13-12-17-7-2-4-10-20(17)24/h1-4,6-7,9-10,18,21,27H,5,8,11-15H2,(H,25,29)/t18-,21+,24-/m0/s1. The first-order valence-electron chi connectivity index (χ1n) is 10.7. The number of aryl methyl sites for hydroxylation is 2. The van der Waals surface area contributed by atoms with E-state index >= 15 is 0 Å². The Bertz CT molecular complexity index is 991. The Labute approximate surface area is 175 Å². The molecule has 2 aliphatic carbocycles. The summed E-state index contributed by atoms with van der Waals surface area (Å²) in [5.74, 6) is -0.278. The van der Waals surface area contributed by atoms with Crippen molar-refractivity contribution < 1.29 is 19.4 Å². The molecule has 5 rings (SSSR count). The van der Waals surface area contributed by atoms with E-state index < -0.39 is 17.7 Å². The van der Waals surface area contributed by atoms with Gasteiger partial charge in [0, 0.05) is 0 Å². The van der Waals surface area contributed by atoms with Crippen LogP contribution in [0.3, 0.4) is 0 Å². The monoisotopic (exact) mass is 406 g/mol. The molecule has 1 saturated heterocycles. The number of amides is 3. The van der Waals surface area contributed by atoms with E-state index in [9.17, 15) is 14.7 Å². The van der Waals surface area contributed by atoms with Crippen LogP contribution in [0.5, 0.6) is 0 Å². The van der Waals surface area contributed by atoms with Gasteiger partial charge in [0.05, 0.1) is 25.4 Å². The van der Waals surface area contributed by atoms with Gasteiger partial charge in [-0.3, -0.25) is 9.69 Å². The number of nitrogens with zero attached hydrogens (tertiary/aromatic N) is 1. The summed E-state index contributed by atoms with van der Waals surface area (Å²) in [5, 5.41) is 13.4. The van der Waals surface area contributed by atoms with Crippen LogP contribution in [0.4, 0.5) is 4.79 Å². The molecule has 2 aromatic rings. The van der Waals surface area contributed by atoms with E-state index in [1.165, 1.54) is 11.1 Å². The van der Waals surface area contributed by atoms with Gasteiger partial charge < -0.3 is 15.2 Å². The summed E-state index contributed by atoms with van der Waals surface area (Å²) in [6, 6.07) is 15.5. The first-order chi connectivity index (χ1) is 14.6. The van der Waals surface area contributed by atoms with E-state index in [1.54, 1.807) is 0 Å². The predicted molar refractivity (Wildman–Crippen MR) is 111 cm³/mol. The lowest BCUT2D eigenvalue weighted by molar-refractivity contribution is -0.133. The lowest BCUT2D eigenvalue weighted by Gasteiger charge is -2.27. The summed E-state index contributed by atoms with van der Waals surface area (Å²) in [7, 11) is 0. The third-order valence-electron chi connectivity index (χ3n) is 6.62. The summed E-state index contributed by atoms with van der Waals surface area (Å²) in [6.45, 7) is 0.0165. The number of ether oxygens (including phenoxy) is 1. The van der Waals surface area contributed by atoms with Gasteiger partial charge in [-0.25, -0.2) is 4.79 Å². The number of aliphatic hydroxyl groups excluding tert-OH is 1. The zero-order valence-corrected chi connectivity index (χ0v) is 16.8. The number of β-amino-alcohol motifs (C(OH)–C–C–N with tert-alkyl or cyclic N) is 1. The molecule has 0 unspecified atom stereocenters. The largest absolute Gasteiger partial charge is 0.389 e. The zero-order valence-electron chi connectivity index (χ0n) is 16.8. The Hall–Kier alpha value is -2.70. The third-order valence-corrected chi connectivity index (χ3v) is 6.62. The van der Waals surface area contributed by atoms with Crippen LogP contribution in [0.2, 0.25) is 0 Å². The van der Waals surface area contributed by atoms with Crippen molar-refractivity contribution in [3.8, 4) is 0 Å². The van der Waals surface area contributed by atoms with Gasteiger partial charge in [-0.1, -0.05) is 48.5 Å². The van der Waals surface area contributed by atoms with E-state index in [2.05, 4.69) is 17.4 Å². The van der Waals surface area contributed by atoms with Crippen molar-refractivity contribution in [2.75, 3.05) is 13.2 Å². The number of rotatable bonds is 5. The number of benzene rings is 2. The molecule has 0 saturated carbocycles. The highest BCUT2D eigenvalue weighted by atomic mass is 16.5. The summed E-state index contributed by atoms with van der Waals surface area (Å²) in [5.41, 5.74) is 3.44. The maximum atomic E-state index is 13.2. The van der Waals surface area contributed by atoms with E-state index in [4.69, 9.17) is 4.74 Å². The molecular weight excluding hydrogens is 380 g/mol. The number of nitrogens with one attached hydrogen (secondary N) is 1. The molecule has 1 fully saturated rings. The number of fused-ring (bicyclic) bond motifs is 3. The van der Waals surface area contributed by atoms with Gasteiger partial charge in [0.2, 0.25) is 0 Å². The molecule has 0 aromatic heterocycles. The van der Waals surface area contributed by atoms with Crippen LogP contribution in [-0.2, 0) is 27.9 Å². The SMILES string of the molecule is O=C1N[C@]2(CCc3ccccc32)C(=O)N1C[C@H](O)CO[C@@H]1CCCc2ccccc21. The summed E-state index contributed by atoms with van der Waals surface area (Å²) < 4.78 is 6.01. The smallest absolute Gasteiger partial charge is 0.325 e. The highest BCUT2D eigenvalue weighted by Gasteiger charge is 2.55. The highest BCUT2D eigenvalue weighted by Crippen LogP contribution is 2.41. The van der Waals surface area contributed by atoms with Crippen LogP contribution >= 0.6 is 0 Å². The summed E-state index contributed by atoms with van der Waals surface area (Å²) in [4.78, 5) is 26.9. The molecule has 1 aliphatic heterocycles. The number of aliphatic hydroxyl groups is 1. The van der Waals surface area contributed by atoms with Gasteiger partial charge >= 0.3 is 6.03 Å². The van der Waals surface area contributed by atoms with Crippen molar-refractivity contribution in [1.82, 2.24) is 10.2 Å². The Morgan fingerprint density at radius 3 is 2.73 bits per heavy atom. The molecule has 1 spiro atoms. The molecule has 2 aromatic carbocycles. The number of hydrogen-bond donors (Lipinski definition) is 2. The van der Waals surface area contributed by atoms with Gasteiger partial charge in [0.15, 0.2) is 0 Å². The molecule has 0 bridgehead atoms. The molecule has 2 N–H and O–H groups in total. The van der Waals surface area contributed by atoms with Crippen LogP contribution in [0.1, 0.15) is 47.6 Å². The number of carbonyl (C=O) groups excluding carboxylic acids is 2. The van der Waals surface area contributed by atoms with E-state index in [-0.39, 0.29) is 25.2 Å². The fourth-order valence-corrected chi connectivity index (χ4v) is 5.13. The Kier molecular flexibility index (Phi) is 4.83. The first kappa shape index (κ1) is 19.3. The lowest BCUT2D eigenvalue weighted by atomic mass is 9.89. The second-order valence-electron chi connectivity index (χ2n) is 8.48. The van der Waals surface area contributed by atoms with Crippen molar-refractivity contribution in [3.63, 3.8) is 0 Å². The zero-order chi connectivity index (χ0) is 20.7. The number of hydrogen-bond acceptors (Lipinski definition) is 4. The van der Waals surface area contributed by atoms with Crippen molar-refractivity contribution in [3.05, 3.63) is 70.8 Å². The second-order valence-corrected chi connectivity index (χ2v) is 8.48. The minimum atomic E-state index is -0.990. The second kappa shape index (κ2) is 7.52. The van der Waals surface area contributed by atoms with Crippen LogP contribution in [0, 0.1) is 0 Å². The number of carbonyl (C=O) groups is 2. The predicted octanol–water partition coefficient (Wildman–Crippen LogP) is 2.84. The molecule has 0 radical (unpaired) electrons. The molecule has 1 heterocycles. The molecule has 30 heavy (non-hydrogen) atoms. The topological polar surface area (TPSA) is 78.9 Å². The molecule has 6 heteroatoms. The number of imide groups is 1. The molecule has 3 aliphatic rings. The minimum Gasteiger partial charge on any atom is -0.389 e. The maximum Gasteiger partial charge on any atom is 0.325 e. The Morgan fingerprint density at radius 2 is 1.87 bits per heavy atom. The Morgan fingerprint density at radius 1 is 1.10 bits per heavy atom. The van der Waals surface area contributed by atoms with Crippen molar-refractivity contribution in [2.45, 2.75) is 49.9 Å². The van der Waals surface area contributed by atoms with E-state index in [1.807, 2.05) is 36.4 Å². The normalized spacial score (nSPS) is 25.9. The van der Waals surface area contributed by atoms with Crippen molar-refractivity contribution in [1.29, 1.82) is 0 Å².